The fourth-order valence-corrected chi connectivity index (χ4v) is 3.27. The van der Waals surface area contributed by atoms with Crippen LogP contribution < -0.4 is 4.72 Å². The van der Waals surface area contributed by atoms with Crippen molar-refractivity contribution in [1.82, 2.24) is 4.72 Å². The van der Waals surface area contributed by atoms with E-state index in [2.05, 4.69) is 4.72 Å². The third-order valence-electron chi connectivity index (χ3n) is 3.07. The number of carboxylic acid groups (broad SMARTS) is 1. The molecule has 21 heavy (non-hydrogen) atoms. The predicted molar refractivity (Wildman–Crippen MR) is 80.9 cm³/mol. The van der Waals surface area contributed by atoms with Gasteiger partial charge in [0.15, 0.2) is 0 Å². The highest BCUT2D eigenvalue weighted by molar-refractivity contribution is 8.00. The van der Waals surface area contributed by atoms with E-state index in [-0.39, 0.29) is 21.8 Å². The number of carbonyl (C=O) groups is 1. The Hall–Kier alpha value is -1.12. The van der Waals surface area contributed by atoms with Gasteiger partial charge < -0.3 is 5.11 Å². The number of nitrogens with one attached hydrogen (secondary N) is 1. The Labute approximate surface area is 128 Å². The summed E-state index contributed by atoms with van der Waals surface area (Å²) in [5.41, 5.74) is -0.503. The van der Waals surface area contributed by atoms with Gasteiger partial charge >= 0.3 is 5.97 Å². The van der Waals surface area contributed by atoms with E-state index in [1.165, 1.54) is 18.7 Å². The molecule has 8 heteroatoms. The number of carboxylic acids is 1. The van der Waals surface area contributed by atoms with E-state index < -0.39 is 27.4 Å². The first-order valence-electron chi connectivity index (χ1n) is 6.08. The highest BCUT2D eigenvalue weighted by Crippen LogP contribution is 2.23. The van der Waals surface area contributed by atoms with Crippen molar-refractivity contribution < 1.29 is 22.7 Å². The molecule has 1 aromatic rings. The van der Waals surface area contributed by atoms with Gasteiger partial charge in [-0.3, -0.25) is 0 Å². The van der Waals surface area contributed by atoms with E-state index in [1.54, 1.807) is 0 Å². The van der Waals surface area contributed by atoms with Gasteiger partial charge in [-0.05, 0) is 39.2 Å². The number of hydrogen-bond acceptors (Lipinski definition) is 4. The molecule has 0 spiro atoms. The molecule has 0 aliphatic rings. The molecule has 0 bridgehead atoms. The van der Waals surface area contributed by atoms with Crippen LogP contribution in [0.1, 0.15) is 29.8 Å². The summed E-state index contributed by atoms with van der Waals surface area (Å²) in [6.07, 6.45) is 1.85. The van der Waals surface area contributed by atoms with Gasteiger partial charge in [0.2, 0.25) is 10.0 Å². The van der Waals surface area contributed by atoms with Gasteiger partial charge in [-0.2, -0.15) is 11.8 Å². The van der Waals surface area contributed by atoms with Crippen molar-refractivity contribution in [2.45, 2.75) is 30.4 Å². The van der Waals surface area contributed by atoms with Crippen LogP contribution in [-0.2, 0) is 10.0 Å². The maximum atomic E-state index is 13.7. The molecule has 0 aromatic heterocycles. The molecule has 0 saturated carbocycles. The molecular formula is C13H18FNO4S2. The van der Waals surface area contributed by atoms with Gasteiger partial charge in [0.25, 0.3) is 0 Å². The van der Waals surface area contributed by atoms with Crippen molar-refractivity contribution in [2.24, 2.45) is 0 Å². The lowest BCUT2D eigenvalue weighted by Gasteiger charge is -2.22. The van der Waals surface area contributed by atoms with E-state index in [1.807, 2.05) is 20.1 Å². The molecule has 0 unspecified atom stereocenters. The van der Waals surface area contributed by atoms with Gasteiger partial charge in [0.1, 0.15) is 5.82 Å². The second-order valence-electron chi connectivity index (χ2n) is 5.17. The van der Waals surface area contributed by atoms with Crippen LogP contribution in [0.15, 0.2) is 17.0 Å². The minimum absolute atomic E-state index is 0.102. The average molecular weight is 335 g/mol. The zero-order chi connectivity index (χ0) is 16.4. The van der Waals surface area contributed by atoms with Gasteiger partial charge in [-0.15, -0.1) is 0 Å². The molecule has 0 atom stereocenters. The molecule has 0 aliphatic heterocycles. The van der Waals surface area contributed by atoms with Crippen molar-refractivity contribution in [2.75, 3.05) is 12.8 Å². The van der Waals surface area contributed by atoms with Gasteiger partial charge in [0.05, 0.1) is 10.5 Å². The number of hydrogen-bond donors (Lipinski definition) is 2. The molecule has 0 saturated heterocycles. The number of thioether (sulfide) groups is 1. The topological polar surface area (TPSA) is 83.5 Å². The van der Waals surface area contributed by atoms with E-state index in [9.17, 15) is 17.6 Å². The Kier molecular flexibility index (Phi) is 5.40. The quantitative estimate of drug-likeness (QED) is 0.833. The molecule has 0 amide bonds. The van der Waals surface area contributed by atoms with Crippen LogP contribution in [0.5, 0.6) is 0 Å². The van der Waals surface area contributed by atoms with Crippen LogP contribution >= 0.6 is 11.8 Å². The highest BCUT2D eigenvalue weighted by Gasteiger charge is 2.25. The molecule has 0 heterocycles. The predicted octanol–water partition coefficient (Wildman–Crippen LogP) is 2.25. The maximum Gasteiger partial charge on any atom is 0.335 e. The Morgan fingerprint density at radius 3 is 2.48 bits per heavy atom. The first-order chi connectivity index (χ1) is 9.50. The fourth-order valence-electron chi connectivity index (χ4n) is 1.47. The zero-order valence-corrected chi connectivity index (χ0v) is 13.9. The van der Waals surface area contributed by atoms with Crippen LogP contribution in [0.25, 0.3) is 0 Å². The fraction of sp³-hybridized carbons (Fsp3) is 0.462. The third kappa shape index (κ3) is 4.42. The number of aromatic carboxylic acids is 1. The van der Waals surface area contributed by atoms with E-state index in [4.69, 9.17) is 5.11 Å². The van der Waals surface area contributed by atoms with E-state index >= 15 is 0 Å². The van der Waals surface area contributed by atoms with Crippen molar-refractivity contribution in [1.29, 1.82) is 0 Å². The summed E-state index contributed by atoms with van der Waals surface area (Å²) in [5.74, 6) is -2.24. The lowest BCUT2D eigenvalue weighted by Crippen LogP contribution is -2.36. The third-order valence-corrected chi connectivity index (χ3v) is 5.85. The number of rotatable bonds is 6. The molecule has 2 N–H and O–H groups in total. The molecule has 118 valence electrons. The monoisotopic (exact) mass is 335 g/mol. The molecule has 0 aliphatic carbocycles. The summed E-state index contributed by atoms with van der Waals surface area (Å²) in [4.78, 5) is 10.6. The largest absolute Gasteiger partial charge is 0.478 e. The molecule has 0 radical (unpaired) electrons. The standard InChI is InChI=1S/C13H18FNO4S2/c1-8-10(14)5-9(12(16)17)6-11(8)21(18,19)15-7-13(2,3)20-4/h5-6,15H,7H2,1-4H3,(H,16,17). The minimum Gasteiger partial charge on any atom is -0.478 e. The van der Waals surface area contributed by atoms with Crippen LogP contribution in [0.4, 0.5) is 4.39 Å². The summed E-state index contributed by atoms with van der Waals surface area (Å²) in [6, 6.07) is 1.78. The van der Waals surface area contributed by atoms with Crippen LogP contribution in [0.3, 0.4) is 0 Å². The molecular weight excluding hydrogens is 317 g/mol. The molecule has 1 aromatic carbocycles. The number of halogens is 1. The summed E-state index contributed by atoms with van der Waals surface area (Å²) in [6.45, 7) is 5.17. The van der Waals surface area contributed by atoms with E-state index in [0.29, 0.717) is 0 Å². The minimum atomic E-state index is -3.98. The summed E-state index contributed by atoms with van der Waals surface area (Å²) < 4.78 is 40.3. The Bertz CT molecular complexity index is 656. The smallest absolute Gasteiger partial charge is 0.335 e. The first kappa shape index (κ1) is 17.9. The van der Waals surface area contributed by atoms with Crippen molar-refractivity contribution in [3.63, 3.8) is 0 Å². The molecule has 0 fully saturated rings. The Morgan fingerprint density at radius 1 is 1.43 bits per heavy atom. The number of benzene rings is 1. The lowest BCUT2D eigenvalue weighted by atomic mass is 10.1. The van der Waals surface area contributed by atoms with Crippen LogP contribution in [0.2, 0.25) is 0 Å². The lowest BCUT2D eigenvalue weighted by molar-refractivity contribution is 0.0696. The average Bonchev–Trinajstić information content (AvgIpc) is 2.39. The molecule has 1 rings (SSSR count). The van der Waals surface area contributed by atoms with Gasteiger partial charge in [-0.1, -0.05) is 0 Å². The van der Waals surface area contributed by atoms with Crippen LogP contribution in [-0.4, -0.2) is 37.0 Å². The van der Waals surface area contributed by atoms with Gasteiger partial charge in [0, 0.05) is 16.9 Å². The maximum absolute atomic E-state index is 13.7. The first-order valence-corrected chi connectivity index (χ1v) is 8.79. The summed E-state index contributed by atoms with van der Waals surface area (Å²) in [7, 11) is -3.98. The van der Waals surface area contributed by atoms with E-state index in [0.717, 1.165) is 12.1 Å². The normalized spacial score (nSPS) is 12.4. The zero-order valence-electron chi connectivity index (χ0n) is 12.2. The Morgan fingerprint density at radius 2 is 2.00 bits per heavy atom. The number of sulfonamides is 1. The van der Waals surface area contributed by atoms with Crippen molar-refractivity contribution >= 4 is 27.8 Å². The Balaban J connectivity index is 3.22. The van der Waals surface area contributed by atoms with Crippen molar-refractivity contribution in [3.05, 3.63) is 29.1 Å². The highest BCUT2D eigenvalue weighted by atomic mass is 32.2. The summed E-state index contributed by atoms with van der Waals surface area (Å²) in [5, 5.41) is 8.90. The van der Waals surface area contributed by atoms with Crippen molar-refractivity contribution in [3.8, 4) is 0 Å². The van der Waals surface area contributed by atoms with Gasteiger partial charge in [-0.25, -0.2) is 22.3 Å². The van der Waals surface area contributed by atoms with Crippen LogP contribution in [0, 0.1) is 12.7 Å². The summed E-state index contributed by atoms with van der Waals surface area (Å²) >= 11 is 1.48. The second-order valence-corrected chi connectivity index (χ2v) is 8.42. The second kappa shape index (κ2) is 6.33. The molecule has 5 nitrogen and oxygen atoms in total. The SMILES string of the molecule is CSC(C)(C)CNS(=O)(=O)c1cc(C(=O)O)cc(F)c1C.